The average Bonchev–Trinajstić information content (AvgIpc) is 2.88. The number of ether oxygens (including phenoxy) is 1. The molecular weight excluding hydrogens is 288 g/mol. The third-order valence-electron chi connectivity index (χ3n) is 3.23. The largest absolute Gasteiger partial charge is 0.486 e. The fourth-order valence-electron chi connectivity index (χ4n) is 1.84. The van der Waals surface area contributed by atoms with Crippen LogP contribution in [0.25, 0.3) is 4.96 Å². The highest BCUT2D eigenvalue weighted by atomic mass is 32.1. The molecule has 108 valence electrons. The Hall–Kier alpha value is -2.28. The molecule has 0 bridgehead atoms. The Morgan fingerprint density at radius 3 is 2.76 bits per heavy atom. The molecule has 3 aromatic rings. The number of hydrogen-bond acceptors (Lipinski definition) is 6. The van der Waals surface area contributed by atoms with Gasteiger partial charge in [-0.15, -0.1) is 10.2 Å². The summed E-state index contributed by atoms with van der Waals surface area (Å²) >= 11 is 1.30. The van der Waals surface area contributed by atoms with E-state index < -0.39 is 0 Å². The lowest BCUT2D eigenvalue weighted by Crippen LogP contribution is -2.19. The molecule has 0 spiro atoms. The van der Waals surface area contributed by atoms with Gasteiger partial charge in [-0.1, -0.05) is 17.4 Å². The molecule has 0 saturated carbocycles. The van der Waals surface area contributed by atoms with E-state index in [1.165, 1.54) is 27.0 Å². The van der Waals surface area contributed by atoms with Gasteiger partial charge in [-0.25, -0.2) is 0 Å². The minimum absolute atomic E-state index is 0.242. The first-order chi connectivity index (χ1) is 10.0. The summed E-state index contributed by atoms with van der Waals surface area (Å²) in [5, 5.41) is 12.7. The van der Waals surface area contributed by atoms with Crippen LogP contribution in [0.1, 0.15) is 21.8 Å². The molecule has 1 aromatic carbocycles. The normalized spacial score (nSPS) is 11.0. The molecule has 7 heteroatoms. The minimum Gasteiger partial charge on any atom is -0.486 e. The molecule has 2 aromatic heterocycles. The molecule has 0 saturated heterocycles. The van der Waals surface area contributed by atoms with Crippen LogP contribution in [-0.4, -0.2) is 19.8 Å². The smallest absolute Gasteiger partial charge is 0.296 e. The predicted octanol–water partition coefficient (Wildman–Crippen LogP) is 2.05. The molecule has 0 aliphatic rings. The van der Waals surface area contributed by atoms with Crippen LogP contribution >= 0.6 is 11.3 Å². The van der Waals surface area contributed by atoms with Gasteiger partial charge in [0.2, 0.25) is 4.96 Å². The van der Waals surface area contributed by atoms with E-state index in [0.717, 1.165) is 5.75 Å². The SMILES string of the molecule is Cc1ccc(OCc2nn3c(=O)c(C)nnc3s2)cc1C. The van der Waals surface area contributed by atoms with Gasteiger partial charge >= 0.3 is 0 Å². The van der Waals surface area contributed by atoms with Crippen molar-refractivity contribution in [3.8, 4) is 5.75 Å². The van der Waals surface area contributed by atoms with E-state index in [9.17, 15) is 4.79 Å². The highest BCUT2D eigenvalue weighted by Crippen LogP contribution is 2.19. The van der Waals surface area contributed by atoms with Gasteiger partial charge in [0.25, 0.3) is 5.56 Å². The molecule has 3 rings (SSSR count). The summed E-state index contributed by atoms with van der Waals surface area (Å²) in [6.45, 7) is 6.01. The van der Waals surface area contributed by atoms with Crippen LogP contribution in [0.5, 0.6) is 5.75 Å². The van der Waals surface area contributed by atoms with Crippen molar-refractivity contribution in [3.05, 3.63) is 50.4 Å². The summed E-state index contributed by atoms with van der Waals surface area (Å²) in [6, 6.07) is 5.92. The Morgan fingerprint density at radius 1 is 1.19 bits per heavy atom. The zero-order valence-corrected chi connectivity index (χ0v) is 12.8. The lowest BCUT2D eigenvalue weighted by atomic mass is 10.1. The molecule has 0 atom stereocenters. The van der Waals surface area contributed by atoms with Crippen LogP contribution in [0, 0.1) is 20.8 Å². The van der Waals surface area contributed by atoms with Gasteiger partial charge < -0.3 is 4.74 Å². The van der Waals surface area contributed by atoms with Gasteiger partial charge in [-0.3, -0.25) is 4.79 Å². The second-order valence-electron chi connectivity index (χ2n) is 4.82. The first-order valence-electron chi connectivity index (χ1n) is 6.46. The monoisotopic (exact) mass is 302 g/mol. The molecule has 0 amide bonds. The van der Waals surface area contributed by atoms with Crippen molar-refractivity contribution in [1.82, 2.24) is 19.8 Å². The van der Waals surface area contributed by atoms with Crippen LogP contribution < -0.4 is 10.3 Å². The number of rotatable bonds is 3. The van der Waals surface area contributed by atoms with Gasteiger partial charge in [-0.2, -0.15) is 9.61 Å². The number of nitrogens with zero attached hydrogens (tertiary/aromatic N) is 4. The third-order valence-corrected chi connectivity index (χ3v) is 4.10. The lowest BCUT2D eigenvalue weighted by Gasteiger charge is -2.06. The highest BCUT2D eigenvalue weighted by molar-refractivity contribution is 7.16. The van der Waals surface area contributed by atoms with Gasteiger partial charge in [0.15, 0.2) is 5.01 Å². The van der Waals surface area contributed by atoms with Crippen molar-refractivity contribution >= 4 is 16.3 Å². The summed E-state index contributed by atoms with van der Waals surface area (Å²) in [6.07, 6.45) is 0. The fraction of sp³-hybridized carbons (Fsp3) is 0.286. The Bertz CT molecular complexity index is 869. The van der Waals surface area contributed by atoms with Gasteiger partial charge in [0, 0.05) is 0 Å². The van der Waals surface area contributed by atoms with Crippen LogP contribution in [0.3, 0.4) is 0 Å². The number of hydrogen-bond donors (Lipinski definition) is 0. The first kappa shape index (κ1) is 13.7. The number of aromatic nitrogens is 4. The summed E-state index contributed by atoms with van der Waals surface area (Å²) in [4.78, 5) is 12.3. The fourth-order valence-corrected chi connectivity index (χ4v) is 2.58. The van der Waals surface area contributed by atoms with E-state index in [0.29, 0.717) is 22.3 Å². The number of aryl methyl sites for hydroxylation is 3. The first-order valence-corrected chi connectivity index (χ1v) is 7.28. The zero-order valence-electron chi connectivity index (χ0n) is 12.0. The Balaban J connectivity index is 1.83. The highest BCUT2D eigenvalue weighted by Gasteiger charge is 2.10. The molecule has 0 aliphatic heterocycles. The number of fused-ring (bicyclic) bond motifs is 1. The molecule has 0 radical (unpaired) electrons. The van der Waals surface area contributed by atoms with E-state index in [1.54, 1.807) is 6.92 Å². The van der Waals surface area contributed by atoms with Crippen molar-refractivity contribution in [3.63, 3.8) is 0 Å². The van der Waals surface area contributed by atoms with Crippen molar-refractivity contribution in [2.24, 2.45) is 0 Å². The maximum Gasteiger partial charge on any atom is 0.296 e. The van der Waals surface area contributed by atoms with Crippen LogP contribution in [0.2, 0.25) is 0 Å². The zero-order chi connectivity index (χ0) is 15.0. The van der Waals surface area contributed by atoms with Crippen molar-refractivity contribution in [2.75, 3.05) is 0 Å². The van der Waals surface area contributed by atoms with Crippen LogP contribution in [0.15, 0.2) is 23.0 Å². The van der Waals surface area contributed by atoms with E-state index >= 15 is 0 Å². The lowest BCUT2D eigenvalue weighted by molar-refractivity contribution is 0.303. The summed E-state index contributed by atoms with van der Waals surface area (Å²) < 4.78 is 6.98. The van der Waals surface area contributed by atoms with E-state index in [2.05, 4.69) is 22.2 Å². The topological polar surface area (TPSA) is 69.4 Å². The predicted molar refractivity (Wildman–Crippen MR) is 79.9 cm³/mol. The maximum atomic E-state index is 11.9. The average molecular weight is 302 g/mol. The Morgan fingerprint density at radius 2 is 2.00 bits per heavy atom. The van der Waals surface area contributed by atoms with Crippen LogP contribution in [-0.2, 0) is 6.61 Å². The van der Waals surface area contributed by atoms with Crippen molar-refractivity contribution < 1.29 is 4.74 Å². The standard InChI is InChI=1S/C14H14N4O2S/c1-8-4-5-11(6-9(8)2)20-7-12-17-18-13(19)10(3)15-16-14(18)21-12/h4-6H,7H2,1-3H3. The second-order valence-corrected chi connectivity index (χ2v) is 5.86. The molecular formula is C14H14N4O2S. The molecule has 2 heterocycles. The molecule has 0 fully saturated rings. The molecule has 21 heavy (non-hydrogen) atoms. The summed E-state index contributed by atoms with van der Waals surface area (Å²) in [5.41, 5.74) is 2.49. The number of benzene rings is 1. The Kier molecular flexibility index (Phi) is 3.42. The van der Waals surface area contributed by atoms with Gasteiger partial charge in [-0.05, 0) is 44.0 Å². The van der Waals surface area contributed by atoms with Gasteiger partial charge in [0.05, 0.1) is 0 Å². The molecule has 0 N–H and O–H groups in total. The van der Waals surface area contributed by atoms with E-state index in [4.69, 9.17) is 4.74 Å². The molecule has 0 aliphatic carbocycles. The quantitative estimate of drug-likeness (QED) is 0.740. The minimum atomic E-state index is -0.242. The molecule has 6 nitrogen and oxygen atoms in total. The maximum absolute atomic E-state index is 11.9. The van der Waals surface area contributed by atoms with Crippen LogP contribution in [0.4, 0.5) is 0 Å². The van der Waals surface area contributed by atoms with E-state index in [1.807, 2.05) is 25.1 Å². The van der Waals surface area contributed by atoms with Crippen molar-refractivity contribution in [2.45, 2.75) is 27.4 Å². The summed E-state index contributed by atoms with van der Waals surface area (Å²) in [5.74, 6) is 0.784. The van der Waals surface area contributed by atoms with E-state index in [-0.39, 0.29) is 5.56 Å². The summed E-state index contributed by atoms with van der Waals surface area (Å²) in [7, 11) is 0. The van der Waals surface area contributed by atoms with Gasteiger partial charge in [0.1, 0.15) is 18.1 Å². The van der Waals surface area contributed by atoms with Crippen molar-refractivity contribution in [1.29, 1.82) is 0 Å². The molecule has 0 unspecified atom stereocenters. The Labute approximate surface area is 125 Å². The second kappa shape index (κ2) is 5.25. The third kappa shape index (κ3) is 2.64.